The van der Waals surface area contributed by atoms with Crippen molar-refractivity contribution < 1.29 is 4.74 Å². The molecule has 22 heavy (non-hydrogen) atoms. The van der Waals surface area contributed by atoms with E-state index in [-0.39, 0.29) is 0 Å². The van der Waals surface area contributed by atoms with Gasteiger partial charge in [-0.1, -0.05) is 19.8 Å². The van der Waals surface area contributed by atoms with E-state index in [0.29, 0.717) is 0 Å². The summed E-state index contributed by atoms with van der Waals surface area (Å²) < 4.78 is 5.95. The molecule has 0 spiro atoms. The number of aromatic nitrogens is 2. The van der Waals surface area contributed by atoms with Gasteiger partial charge in [-0.25, -0.2) is 9.97 Å². The summed E-state index contributed by atoms with van der Waals surface area (Å²) in [5.41, 5.74) is 2.10. The van der Waals surface area contributed by atoms with Crippen LogP contribution in [0, 0.1) is 18.8 Å². The van der Waals surface area contributed by atoms with Gasteiger partial charge in [0.2, 0.25) is 0 Å². The molecule has 1 fully saturated rings. The molecule has 0 unspecified atom stereocenters. The topological polar surface area (TPSA) is 35.0 Å². The Morgan fingerprint density at radius 2 is 1.64 bits per heavy atom. The third-order valence-electron chi connectivity index (χ3n) is 4.51. The molecule has 3 nitrogen and oxygen atoms in total. The van der Waals surface area contributed by atoms with Crippen LogP contribution in [0.3, 0.4) is 0 Å². The van der Waals surface area contributed by atoms with E-state index < -0.39 is 0 Å². The van der Waals surface area contributed by atoms with Crippen molar-refractivity contribution in [3.8, 4) is 17.1 Å². The Balaban J connectivity index is 1.56. The summed E-state index contributed by atoms with van der Waals surface area (Å²) in [6, 6.07) is 8.10. The Labute approximate surface area is 132 Å². The van der Waals surface area contributed by atoms with Gasteiger partial charge < -0.3 is 4.74 Å². The van der Waals surface area contributed by atoms with E-state index in [2.05, 4.69) is 16.9 Å². The molecule has 1 heterocycles. The van der Waals surface area contributed by atoms with Crippen molar-refractivity contribution in [3.05, 3.63) is 42.2 Å². The molecule has 116 valence electrons. The minimum atomic E-state index is 0.719. The van der Waals surface area contributed by atoms with Gasteiger partial charge in [0.05, 0.1) is 6.61 Å². The molecule has 1 aliphatic carbocycles. The van der Waals surface area contributed by atoms with Gasteiger partial charge in [0.25, 0.3) is 0 Å². The van der Waals surface area contributed by atoms with Crippen molar-refractivity contribution in [1.82, 2.24) is 9.97 Å². The summed E-state index contributed by atoms with van der Waals surface area (Å²) in [5.74, 6) is 3.31. The molecule has 0 atom stereocenters. The molecule has 2 aromatic rings. The SMILES string of the molecule is Cc1cnc(-c2ccc(OCC3CCC(C)CC3)cc2)nc1. The fourth-order valence-electron chi connectivity index (χ4n) is 2.95. The van der Waals surface area contributed by atoms with Crippen molar-refractivity contribution in [3.63, 3.8) is 0 Å². The summed E-state index contributed by atoms with van der Waals surface area (Å²) in [5, 5.41) is 0. The molecule has 0 radical (unpaired) electrons. The highest BCUT2D eigenvalue weighted by Crippen LogP contribution is 2.29. The highest BCUT2D eigenvalue weighted by Gasteiger charge is 2.18. The minimum Gasteiger partial charge on any atom is -0.493 e. The zero-order valence-electron chi connectivity index (χ0n) is 13.5. The van der Waals surface area contributed by atoms with Gasteiger partial charge in [-0.2, -0.15) is 0 Å². The van der Waals surface area contributed by atoms with Crippen molar-refractivity contribution in [2.24, 2.45) is 11.8 Å². The van der Waals surface area contributed by atoms with E-state index in [1.165, 1.54) is 25.7 Å². The van der Waals surface area contributed by atoms with Crippen LogP contribution in [0.25, 0.3) is 11.4 Å². The zero-order chi connectivity index (χ0) is 15.4. The van der Waals surface area contributed by atoms with Gasteiger partial charge >= 0.3 is 0 Å². The molecule has 0 amide bonds. The Kier molecular flexibility index (Phi) is 4.71. The Hall–Kier alpha value is -1.90. The van der Waals surface area contributed by atoms with Gasteiger partial charge in [0.15, 0.2) is 5.82 Å². The first kappa shape index (κ1) is 15.0. The first-order valence-corrected chi connectivity index (χ1v) is 8.22. The lowest BCUT2D eigenvalue weighted by molar-refractivity contribution is 0.188. The molecule has 0 N–H and O–H groups in total. The number of rotatable bonds is 4. The van der Waals surface area contributed by atoms with Crippen LogP contribution in [0.2, 0.25) is 0 Å². The van der Waals surface area contributed by atoms with Crippen LogP contribution in [0.1, 0.15) is 38.2 Å². The van der Waals surface area contributed by atoms with E-state index in [1.807, 2.05) is 43.6 Å². The number of hydrogen-bond acceptors (Lipinski definition) is 3. The van der Waals surface area contributed by atoms with Gasteiger partial charge in [-0.15, -0.1) is 0 Å². The predicted molar refractivity (Wildman–Crippen MR) is 88.8 cm³/mol. The molecule has 1 aliphatic rings. The lowest BCUT2D eigenvalue weighted by atomic mass is 9.83. The van der Waals surface area contributed by atoms with E-state index in [0.717, 1.165) is 41.1 Å². The van der Waals surface area contributed by atoms with E-state index >= 15 is 0 Å². The highest BCUT2D eigenvalue weighted by molar-refractivity contribution is 5.55. The van der Waals surface area contributed by atoms with Crippen LogP contribution in [-0.4, -0.2) is 16.6 Å². The molecule has 1 saturated carbocycles. The van der Waals surface area contributed by atoms with E-state index in [4.69, 9.17) is 4.74 Å². The van der Waals surface area contributed by atoms with Crippen molar-refractivity contribution in [2.75, 3.05) is 6.61 Å². The molecule has 1 aromatic heterocycles. The standard InChI is InChI=1S/C19H24N2O/c1-14-3-5-16(6-4-14)13-22-18-9-7-17(8-10-18)19-20-11-15(2)12-21-19/h7-12,14,16H,3-6,13H2,1-2H3. The summed E-state index contributed by atoms with van der Waals surface area (Å²) in [6.07, 6.45) is 8.98. The van der Waals surface area contributed by atoms with Crippen LogP contribution in [-0.2, 0) is 0 Å². The number of benzene rings is 1. The quantitative estimate of drug-likeness (QED) is 0.823. The fourth-order valence-corrected chi connectivity index (χ4v) is 2.95. The number of nitrogens with zero attached hydrogens (tertiary/aromatic N) is 2. The molecule has 3 rings (SSSR count). The van der Waals surface area contributed by atoms with Crippen LogP contribution in [0.15, 0.2) is 36.7 Å². The molecule has 1 aromatic carbocycles. The summed E-state index contributed by atoms with van der Waals surface area (Å²) in [6.45, 7) is 5.18. The maximum atomic E-state index is 5.95. The van der Waals surface area contributed by atoms with E-state index in [1.54, 1.807) is 0 Å². The Bertz CT molecular complexity index is 584. The highest BCUT2D eigenvalue weighted by atomic mass is 16.5. The summed E-state index contributed by atoms with van der Waals surface area (Å²) in [4.78, 5) is 8.71. The van der Waals surface area contributed by atoms with Gasteiger partial charge in [0.1, 0.15) is 5.75 Å². The molecular formula is C19H24N2O. The molecule has 3 heteroatoms. The average molecular weight is 296 g/mol. The monoisotopic (exact) mass is 296 g/mol. The van der Waals surface area contributed by atoms with Crippen LogP contribution >= 0.6 is 0 Å². The van der Waals surface area contributed by atoms with Gasteiger partial charge in [0, 0.05) is 18.0 Å². The predicted octanol–water partition coefficient (Wildman–Crippen LogP) is 4.66. The minimum absolute atomic E-state index is 0.719. The third kappa shape index (κ3) is 3.85. The Morgan fingerprint density at radius 3 is 2.27 bits per heavy atom. The second-order valence-corrected chi connectivity index (χ2v) is 6.55. The summed E-state index contributed by atoms with van der Waals surface area (Å²) >= 11 is 0. The number of ether oxygens (including phenoxy) is 1. The first-order chi connectivity index (χ1) is 10.7. The van der Waals surface area contributed by atoms with Crippen LogP contribution in [0.5, 0.6) is 5.75 Å². The molecule has 0 saturated heterocycles. The second-order valence-electron chi connectivity index (χ2n) is 6.55. The number of aryl methyl sites for hydroxylation is 1. The number of hydrogen-bond donors (Lipinski definition) is 0. The normalized spacial score (nSPS) is 21.5. The van der Waals surface area contributed by atoms with Crippen LogP contribution in [0.4, 0.5) is 0 Å². The maximum Gasteiger partial charge on any atom is 0.159 e. The average Bonchev–Trinajstić information content (AvgIpc) is 2.56. The van der Waals surface area contributed by atoms with Crippen LogP contribution < -0.4 is 4.74 Å². The second kappa shape index (κ2) is 6.91. The Morgan fingerprint density at radius 1 is 1.00 bits per heavy atom. The van der Waals surface area contributed by atoms with Crippen molar-refractivity contribution in [1.29, 1.82) is 0 Å². The smallest absolute Gasteiger partial charge is 0.159 e. The largest absolute Gasteiger partial charge is 0.493 e. The fraction of sp³-hybridized carbons (Fsp3) is 0.474. The molecule has 0 aliphatic heterocycles. The lowest BCUT2D eigenvalue weighted by Gasteiger charge is -2.26. The van der Waals surface area contributed by atoms with Crippen molar-refractivity contribution in [2.45, 2.75) is 39.5 Å². The van der Waals surface area contributed by atoms with Gasteiger partial charge in [-0.3, -0.25) is 0 Å². The van der Waals surface area contributed by atoms with Crippen molar-refractivity contribution >= 4 is 0 Å². The molecule has 0 bridgehead atoms. The lowest BCUT2D eigenvalue weighted by Crippen LogP contribution is -2.18. The maximum absolute atomic E-state index is 5.95. The third-order valence-corrected chi connectivity index (χ3v) is 4.51. The summed E-state index contributed by atoms with van der Waals surface area (Å²) in [7, 11) is 0. The van der Waals surface area contributed by atoms with Gasteiger partial charge in [-0.05, 0) is 61.4 Å². The zero-order valence-corrected chi connectivity index (χ0v) is 13.5. The first-order valence-electron chi connectivity index (χ1n) is 8.22. The van der Waals surface area contributed by atoms with E-state index in [9.17, 15) is 0 Å². The molecular weight excluding hydrogens is 272 g/mol.